The molecule has 0 aliphatic carbocycles. The van der Waals surface area contributed by atoms with Crippen molar-refractivity contribution in [3.63, 3.8) is 0 Å². The zero-order chi connectivity index (χ0) is 11.6. The summed E-state index contributed by atoms with van der Waals surface area (Å²) in [6.07, 6.45) is 0. The van der Waals surface area contributed by atoms with E-state index in [1.54, 1.807) is 0 Å². The Labute approximate surface area is 98.4 Å². The maximum absolute atomic E-state index is 3.62. The molecule has 0 bridgehead atoms. The van der Waals surface area contributed by atoms with Crippen LogP contribution in [0.3, 0.4) is 0 Å². The first-order valence-electron chi connectivity index (χ1n) is 6.12. The van der Waals surface area contributed by atoms with Crippen molar-refractivity contribution in [3.8, 4) is 0 Å². The number of piperazine rings is 1. The fourth-order valence-electron chi connectivity index (χ4n) is 2.65. The van der Waals surface area contributed by atoms with Crippen molar-refractivity contribution in [2.24, 2.45) is 0 Å². The van der Waals surface area contributed by atoms with Gasteiger partial charge in [0.2, 0.25) is 0 Å². The van der Waals surface area contributed by atoms with Crippen LogP contribution in [0.25, 0.3) is 0 Å². The van der Waals surface area contributed by atoms with Crippen LogP contribution in [0.5, 0.6) is 0 Å². The van der Waals surface area contributed by atoms with Gasteiger partial charge in [-0.05, 0) is 18.1 Å². The predicted molar refractivity (Wildman–Crippen MR) is 68.9 cm³/mol. The Morgan fingerprint density at radius 1 is 1.19 bits per heavy atom. The van der Waals surface area contributed by atoms with E-state index in [1.165, 1.54) is 11.1 Å². The third kappa shape index (κ3) is 2.13. The van der Waals surface area contributed by atoms with Gasteiger partial charge in [0.15, 0.2) is 0 Å². The summed E-state index contributed by atoms with van der Waals surface area (Å²) in [6, 6.07) is 9.23. The molecule has 1 atom stereocenters. The molecule has 0 spiro atoms. The van der Waals surface area contributed by atoms with Gasteiger partial charge in [-0.1, -0.05) is 38.1 Å². The van der Waals surface area contributed by atoms with Gasteiger partial charge in [0.1, 0.15) is 0 Å². The molecule has 16 heavy (non-hydrogen) atoms. The lowest BCUT2D eigenvalue weighted by atomic mass is 9.75. The van der Waals surface area contributed by atoms with Crippen molar-refractivity contribution < 1.29 is 0 Å². The lowest BCUT2D eigenvalue weighted by Gasteiger charge is -2.39. The molecule has 1 aliphatic rings. The SMILES string of the molecule is Cc1ccccc1C(C)(C)C1CNCCN1. The Kier molecular flexibility index (Phi) is 3.31. The summed E-state index contributed by atoms with van der Waals surface area (Å²) in [5, 5.41) is 7.09. The van der Waals surface area contributed by atoms with Gasteiger partial charge in [-0.3, -0.25) is 0 Å². The van der Waals surface area contributed by atoms with Gasteiger partial charge in [-0.15, -0.1) is 0 Å². The van der Waals surface area contributed by atoms with E-state index in [-0.39, 0.29) is 5.41 Å². The highest BCUT2D eigenvalue weighted by molar-refractivity contribution is 5.34. The standard InChI is InChI=1S/C14H22N2/c1-11-6-4-5-7-12(11)14(2,3)13-10-15-8-9-16-13/h4-7,13,15-16H,8-10H2,1-3H3. The minimum atomic E-state index is 0.179. The maximum atomic E-state index is 3.62. The van der Waals surface area contributed by atoms with Crippen LogP contribution in [0.1, 0.15) is 25.0 Å². The van der Waals surface area contributed by atoms with Gasteiger partial charge in [0.05, 0.1) is 0 Å². The van der Waals surface area contributed by atoms with Crippen molar-refractivity contribution in [2.75, 3.05) is 19.6 Å². The highest BCUT2D eigenvalue weighted by Crippen LogP contribution is 2.29. The third-order valence-corrected chi connectivity index (χ3v) is 3.75. The minimum absolute atomic E-state index is 0.179. The number of aryl methyl sites for hydroxylation is 1. The molecule has 1 saturated heterocycles. The van der Waals surface area contributed by atoms with Crippen LogP contribution in [0.2, 0.25) is 0 Å². The topological polar surface area (TPSA) is 24.1 Å². The Morgan fingerprint density at radius 2 is 1.94 bits per heavy atom. The highest BCUT2D eigenvalue weighted by atomic mass is 15.1. The van der Waals surface area contributed by atoms with Crippen molar-refractivity contribution in [2.45, 2.75) is 32.2 Å². The molecule has 1 aromatic carbocycles. The number of benzene rings is 1. The molecule has 88 valence electrons. The van der Waals surface area contributed by atoms with E-state index >= 15 is 0 Å². The lowest BCUT2D eigenvalue weighted by molar-refractivity contribution is 0.296. The Bertz CT molecular complexity index is 352. The highest BCUT2D eigenvalue weighted by Gasteiger charge is 2.32. The van der Waals surface area contributed by atoms with Crippen LogP contribution in [0.4, 0.5) is 0 Å². The van der Waals surface area contributed by atoms with E-state index in [9.17, 15) is 0 Å². The van der Waals surface area contributed by atoms with Crippen molar-refractivity contribution in [1.82, 2.24) is 10.6 Å². The molecule has 0 saturated carbocycles. The summed E-state index contributed by atoms with van der Waals surface area (Å²) >= 11 is 0. The molecule has 1 unspecified atom stereocenters. The van der Waals surface area contributed by atoms with E-state index in [2.05, 4.69) is 55.7 Å². The molecule has 2 rings (SSSR count). The molecular formula is C14H22N2. The molecule has 2 nitrogen and oxygen atoms in total. The Morgan fingerprint density at radius 3 is 2.56 bits per heavy atom. The quantitative estimate of drug-likeness (QED) is 0.791. The molecule has 1 heterocycles. The molecule has 1 aliphatic heterocycles. The second-order valence-electron chi connectivity index (χ2n) is 5.25. The number of rotatable bonds is 2. The van der Waals surface area contributed by atoms with Crippen LogP contribution >= 0.6 is 0 Å². The number of hydrogen-bond donors (Lipinski definition) is 2. The van der Waals surface area contributed by atoms with Gasteiger partial charge >= 0.3 is 0 Å². The van der Waals surface area contributed by atoms with E-state index in [1.807, 2.05) is 0 Å². The molecule has 0 amide bonds. The second kappa shape index (κ2) is 4.56. The summed E-state index contributed by atoms with van der Waals surface area (Å²) in [4.78, 5) is 0. The molecule has 2 heteroatoms. The van der Waals surface area contributed by atoms with Crippen LogP contribution in [-0.4, -0.2) is 25.7 Å². The van der Waals surface area contributed by atoms with Gasteiger partial charge in [-0.25, -0.2) is 0 Å². The summed E-state index contributed by atoms with van der Waals surface area (Å²) in [5.41, 5.74) is 3.02. The average Bonchev–Trinajstić information content (AvgIpc) is 2.30. The molecule has 1 fully saturated rings. The molecule has 0 radical (unpaired) electrons. The minimum Gasteiger partial charge on any atom is -0.314 e. The van der Waals surface area contributed by atoms with Crippen molar-refractivity contribution >= 4 is 0 Å². The monoisotopic (exact) mass is 218 g/mol. The van der Waals surface area contributed by atoms with E-state index in [4.69, 9.17) is 0 Å². The summed E-state index contributed by atoms with van der Waals surface area (Å²) in [6.45, 7) is 10.1. The summed E-state index contributed by atoms with van der Waals surface area (Å²) in [5.74, 6) is 0. The Balaban J connectivity index is 2.26. The third-order valence-electron chi connectivity index (χ3n) is 3.75. The lowest BCUT2D eigenvalue weighted by Crippen LogP contribution is -2.56. The first-order valence-corrected chi connectivity index (χ1v) is 6.12. The Hall–Kier alpha value is -0.860. The van der Waals surface area contributed by atoms with E-state index in [0.29, 0.717) is 6.04 Å². The van der Waals surface area contributed by atoms with Crippen LogP contribution in [0.15, 0.2) is 24.3 Å². The van der Waals surface area contributed by atoms with Gasteiger partial charge in [0, 0.05) is 31.1 Å². The zero-order valence-corrected chi connectivity index (χ0v) is 10.5. The van der Waals surface area contributed by atoms with Gasteiger partial charge in [0.25, 0.3) is 0 Å². The van der Waals surface area contributed by atoms with Crippen molar-refractivity contribution in [1.29, 1.82) is 0 Å². The fraction of sp³-hybridized carbons (Fsp3) is 0.571. The number of nitrogens with one attached hydrogen (secondary N) is 2. The summed E-state index contributed by atoms with van der Waals surface area (Å²) in [7, 11) is 0. The first kappa shape index (κ1) is 11.6. The van der Waals surface area contributed by atoms with Crippen LogP contribution < -0.4 is 10.6 Å². The van der Waals surface area contributed by atoms with E-state index in [0.717, 1.165) is 19.6 Å². The molecule has 0 aromatic heterocycles. The predicted octanol–water partition coefficient (Wildman–Crippen LogP) is 1.83. The van der Waals surface area contributed by atoms with Gasteiger partial charge in [-0.2, -0.15) is 0 Å². The maximum Gasteiger partial charge on any atom is 0.0284 e. The average molecular weight is 218 g/mol. The largest absolute Gasteiger partial charge is 0.314 e. The number of hydrogen-bond acceptors (Lipinski definition) is 2. The van der Waals surface area contributed by atoms with Crippen molar-refractivity contribution in [3.05, 3.63) is 35.4 Å². The fourth-order valence-corrected chi connectivity index (χ4v) is 2.65. The van der Waals surface area contributed by atoms with Crippen LogP contribution in [-0.2, 0) is 5.41 Å². The van der Waals surface area contributed by atoms with Gasteiger partial charge < -0.3 is 10.6 Å². The van der Waals surface area contributed by atoms with Crippen LogP contribution in [0, 0.1) is 6.92 Å². The zero-order valence-electron chi connectivity index (χ0n) is 10.5. The smallest absolute Gasteiger partial charge is 0.0284 e. The second-order valence-corrected chi connectivity index (χ2v) is 5.25. The van der Waals surface area contributed by atoms with E-state index < -0.39 is 0 Å². The first-order chi connectivity index (χ1) is 7.62. The summed E-state index contributed by atoms with van der Waals surface area (Å²) < 4.78 is 0. The molecular weight excluding hydrogens is 196 g/mol. The molecule has 2 N–H and O–H groups in total. The molecule has 1 aromatic rings. The normalized spacial score (nSPS) is 22.1.